The molecular weight excluding hydrogens is 214 g/mol. The van der Waals surface area contributed by atoms with Crippen LogP contribution in [0.25, 0.3) is 0 Å². The lowest BCUT2D eigenvalue weighted by Gasteiger charge is -2.16. The largest absolute Gasteiger partial charge is 0.249 e. The van der Waals surface area contributed by atoms with Crippen molar-refractivity contribution < 1.29 is 0 Å². The van der Waals surface area contributed by atoms with Gasteiger partial charge in [-0.25, -0.2) is 9.67 Å². The monoisotopic (exact) mass is 231 g/mol. The van der Waals surface area contributed by atoms with Crippen molar-refractivity contribution in [2.75, 3.05) is 0 Å². The molecule has 0 amide bonds. The molecule has 84 valence electrons. The normalized spacial score (nSPS) is 11.7. The Labute approximate surface area is 97.2 Å². The van der Waals surface area contributed by atoms with Gasteiger partial charge in [0.25, 0.3) is 0 Å². The van der Waals surface area contributed by atoms with Crippen LogP contribution in [0.4, 0.5) is 0 Å². The number of aromatic nitrogens is 3. The zero-order chi connectivity index (χ0) is 11.6. The van der Waals surface area contributed by atoms with Crippen LogP contribution in [0.5, 0.6) is 0 Å². The maximum absolute atomic E-state index is 4.10. The van der Waals surface area contributed by atoms with Gasteiger partial charge in [0.05, 0.1) is 14.6 Å². The van der Waals surface area contributed by atoms with Crippen LogP contribution in [-0.2, 0) is 6.54 Å². The Morgan fingerprint density at radius 3 is 2.31 bits per heavy atom. The molecule has 1 heterocycles. The van der Waals surface area contributed by atoms with E-state index in [1.807, 2.05) is 4.68 Å². The zero-order valence-electron chi connectivity index (χ0n) is 10.0. The molecule has 0 spiro atoms. The van der Waals surface area contributed by atoms with Gasteiger partial charge < -0.3 is 0 Å². The Balaban J connectivity index is 2.14. The molecular formula is C12H17N3Si. The summed E-state index contributed by atoms with van der Waals surface area (Å²) in [4.78, 5) is 3.93. The molecule has 0 atom stereocenters. The van der Waals surface area contributed by atoms with E-state index in [-0.39, 0.29) is 0 Å². The summed E-state index contributed by atoms with van der Waals surface area (Å²) in [6.45, 7) is 7.88. The minimum atomic E-state index is -1.17. The van der Waals surface area contributed by atoms with Gasteiger partial charge in [-0.15, -0.1) is 0 Å². The van der Waals surface area contributed by atoms with Crippen LogP contribution < -0.4 is 5.19 Å². The van der Waals surface area contributed by atoms with E-state index in [0.717, 1.165) is 6.54 Å². The van der Waals surface area contributed by atoms with Crippen molar-refractivity contribution in [2.24, 2.45) is 0 Å². The predicted molar refractivity (Wildman–Crippen MR) is 68.5 cm³/mol. The topological polar surface area (TPSA) is 30.7 Å². The fourth-order valence-electron chi connectivity index (χ4n) is 1.61. The van der Waals surface area contributed by atoms with Crippen molar-refractivity contribution in [3.05, 3.63) is 42.5 Å². The summed E-state index contributed by atoms with van der Waals surface area (Å²) in [5.74, 6) is 0. The van der Waals surface area contributed by atoms with Crippen molar-refractivity contribution >= 4 is 13.3 Å². The fourth-order valence-corrected chi connectivity index (χ4v) is 2.78. The smallest absolute Gasteiger partial charge is 0.137 e. The van der Waals surface area contributed by atoms with E-state index < -0.39 is 8.07 Å². The summed E-state index contributed by atoms with van der Waals surface area (Å²) >= 11 is 0. The standard InChI is InChI=1S/C12H17N3Si/c1-16(2,3)12-6-4-11(5-7-12)8-15-10-13-9-14-15/h4-7,9-10H,8H2,1-3H3. The number of rotatable bonds is 3. The molecule has 3 nitrogen and oxygen atoms in total. The zero-order valence-corrected chi connectivity index (χ0v) is 11.0. The van der Waals surface area contributed by atoms with E-state index in [9.17, 15) is 0 Å². The van der Waals surface area contributed by atoms with Crippen LogP contribution in [-0.4, -0.2) is 22.8 Å². The molecule has 2 rings (SSSR count). The van der Waals surface area contributed by atoms with Gasteiger partial charge >= 0.3 is 0 Å². The molecule has 1 aromatic heterocycles. The highest BCUT2D eigenvalue weighted by Crippen LogP contribution is 2.05. The average Bonchev–Trinajstić information content (AvgIpc) is 2.70. The lowest BCUT2D eigenvalue weighted by molar-refractivity contribution is 0.685. The second kappa shape index (κ2) is 4.21. The van der Waals surface area contributed by atoms with Gasteiger partial charge in [0.1, 0.15) is 12.7 Å². The highest BCUT2D eigenvalue weighted by Gasteiger charge is 2.15. The molecule has 4 heteroatoms. The van der Waals surface area contributed by atoms with Crippen molar-refractivity contribution in [3.8, 4) is 0 Å². The van der Waals surface area contributed by atoms with Gasteiger partial charge in [0, 0.05) is 0 Å². The van der Waals surface area contributed by atoms with E-state index in [1.54, 1.807) is 12.7 Å². The molecule has 0 bridgehead atoms. The van der Waals surface area contributed by atoms with E-state index in [0.29, 0.717) is 0 Å². The highest BCUT2D eigenvalue weighted by molar-refractivity contribution is 6.88. The molecule has 2 aromatic rings. The Bertz CT molecular complexity index is 440. The third-order valence-electron chi connectivity index (χ3n) is 2.63. The van der Waals surface area contributed by atoms with Crippen molar-refractivity contribution in [3.63, 3.8) is 0 Å². The highest BCUT2D eigenvalue weighted by atomic mass is 28.3. The van der Waals surface area contributed by atoms with Crippen LogP contribution in [0.2, 0.25) is 19.6 Å². The van der Waals surface area contributed by atoms with E-state index in [1.165, 1.54) is 10.8 Å². The van der Waals surface area contributed by atoms with Gasteiger partial charge in [-0.1, -0.05) is 49.1 Å². The molecule has 0 fully saturated rings. The first kappa shape index (κ1) is 11.1. The van der Waals surface area contributed by atoms with E-state index in [4.69, 9.17) is 0 Å². The first-order valence-corrected chi connectivity index (χ1v) is 8.97. The van der Waals surface area contributed by atoms with Crippen molar-refractivity contribution in [1.82, 2.24) is 14.8 Å². The van der Waals surface area contributed by atoms with Crippen LogP contribution in [0.1, 0.15) is 5.56 Å². The summed E-state index contributed by atoms with van der Waals surface area (Å²) in [6, 6.07) is 8.88. The molecule has 0 saturated carbocycles. The third kappa shape index (κ3) is 2.58. The van der Waals surface area contributed by atoms with Crippen LogP contribution in [0.3, 0.4) is 0 Å². The first-order valence-electron chi connectivity index (χ1n) is 5.47. The van der Waals surface area contributed by atoms with Gasteiger partial charge in [0.2, 0.25) is 0 Å². The summed E-state index contributed by atoms with van der Waals surface area (Å²) in [6.07, 6.45) is 3.31. The molecule has 0 aliphatic rings. The van der Waals surface area contributed by atoms with Gasteiger partial charge in [0.15, 0.2) is 0 Å². The number of benzene rings is 1. The van der Waals surface area contributed by atoms with E-state index in [2.05, 4.69) is 54.0 Å². The molecule has 0 N–H and O–H groups in total. The third-order valence-corrected chi connectivity index (χ3v) is 4.70. The molecule has 0 unspecified atom stereocenters. The molecule has 0 aliphatic carbocycles. The van der Waals surface area contributed by atoms with Crippen LogP contribution >= 0.6 is 0 Å². The van der Waals surface area contributed by atoms with Crippen molar-refractivity contribution in [1.29, 1.82) is 0 Å². The van der Waals surface area contributed by atoms with Gasteiger partial charge in [-0.2, -0.15) is 5.10 Å². The first-order chi connectivity index (χ1) is 7.55. The Morgan fingerprint density at radius 1 is 1.12 bits per heavy atom. The van der Waals surface area contributed by atoms with Gasteiger partial charge in [-0.3, -0.25) is 0 Å². The summed E-state index contributed by atoms with van der Waals surface area (Å²) in [5, 5.41) is 5.59. The number of hydrogen-bond donors (Lipinski definition) is 0. The SMILES string of the molecule is C[Si](C)(C)c1ccc(Cn2cncn2)cc1. The Kier molecular flexibility index (Phi) is 2.92. The Hall–Kier alpha value is -1.42. The lowest BCUT2D eigenvalue weighted by Crippen LogP contribution is -2.37. The predicted octanol–water partition coefficient (Wildman–Crippen LogP) is 1.87. The second-order valence-corrected chi connectivity index (χ2v) is 10.1. The molecule has 1 aromatic carbocycles. The van der Waals surface area contributed by atoms with E-state index >= 15 is 0 Å². The lowest BCUT2D eigenvalue weighted by atomic mass is 10.2. The molecule has 0 radical (unpaired) electrons. The maximum atomic E-state index is 4.10. The quantitative estimate of drug-likeness (QED) is 0.755. The summed E-state index contributed by atoms with van der Waals surface area (Å²) in [7, 11) is -1.17. The average molecular weight is 231 g/mol. The summed E-state index contributed by atoms with van der Waals surface area (Å²) in [5.41, 5.74) is 1.27. The maximum Gasteiger partial charge on any atom is 0.137 e. The molecule has 16 heavy (non-hydrogen) atoms. The number of nitrogens with zero attached hydrogens (tertiary/aromatic N) is 3. The van der Waals surface area contributed by atoms with Crippen molar-refractivity contribution in [2.45, 2.75) is 26.2 Å². The van der Waals surface area contributed by atoms with Crippen LogP contribution in [0, 0.1) is 0 Å². The molecule has 0 aliphatic heterocycles. The minimum Gasteiger partial charge on any atom is -0.249 e. The minimum absolute atomic E-state index is 0.798. The summed E-state index contributed by atoms with van der Waals surface area (Å²) < 4.78 is 1.84. The van der Waals surface area contributed by atoms with Gasteiger partial charge in [-0.05, 0) is 5.56 Å². The fraction of sp³-hybridized carbons (Fsp3) is 0.333. The second-order valence-electron chi connectivity index (χ2n) is 5.04. The Morgan fingerprint density at radius 2 is 1.81 bits per heavy atom. The number of hydrogen-bond acceptors (Lipinski definition) is 2. The van der Waals surface area contributed by atoms with Crippen LogP contribution in [0.15, 0.2) is 36.9 Å². The molecule has 0 saturated heterocycles.